The van der Waals surface area contributed by atoms with Gasteiger partial charge in [-0.2, -0.15) is 11.8 Å². The van der Waals surface area contributed by atoms with Crippen molar-refractivity contribution in [2.45, 2.75) is 19.3 Å². The van der Waals surface area contributed by atoms with Gasteiger partial charge in [0.2, 0.25) is 0 Å². The van der Waals surface area contributed by atoms with Crippen LogP contribution in [0.4, 0.5) is 0 Å². The number of methoxy groups -OCH3 is 1. The first-order valence-electron chi connectivity index (χ1n) is 6.15. The van der Waals surface area contributed by atoms with Crippen molar-refractivity contribution in [3.8, 4) is 5.75 Å². The summed E-state index contributed by atoms with van der Waals surface area (Å²) in [4.78, 5) is 12.2. The third kappa shape index (κ3) is 3.42. The van der Waals surface area contributed by atoms with Crippen LogP contribution in [0.25, 0.3) is 0 Å². The van der Waals surface area contributed by atoms with Crippen LogP contribution in [-0.4, -0.2) is 24.4 Å². The summed E-state index contributed by atoms with van der Waals surface area (Å²) in [5.41, 5.74) is 0.703. The summed E-state index contributed by atoms with van der Waals surface area (Å²) in [6.45, 7) is 0. The molecule has 98 valence electrons. The van der Waals surface area contributed by atoms with E-state index in [9.17, 15) is 4.79 Å². The SMILES string of the molecule is COc1cc(C(=O)CC2CCSCC2)ccc1Cl. The van der Waals surface area contributed by atoms with Crippen LogP contribution in [0.3, 0.4) is 0 Å². The van der Waals surface area contributed by atoms with E-state index in [2.05, 4.69) is 0 Å². The molecule has 1 aromatic rings. The topological polar surface area (TPSA) is 26.3 Å². The lowest BCUT2D eigenvalue weighted by Gasteiger charge is -2.20. The van der Waals surface area contributed by atoms with Crippen LogP contribution < -0.4 is 4.74 Å². The maximum absolute atomic E-state index is 12.2. The van der Waals surface area contributed by atoms with Gasteiger partial charge in [0.25, 0.3) is 0 Å². The molecular weight excluding hydrogens is 268 g/mol. The molecule has 0 amide bonds. The second kappa shape index (κ2) is 6.48. The molecule has 0 bridgehead atoms. The van der Waals surface area contributed by atoms with Gasteiger partial charge in [-0.25, -0.2) is 0 Å². The zero-order chi connectivity index (χ0) is 13.0. The second-order valence-corrected chi connectivity index (χ2v) is 6.16. The van der Waals surface area contributed by atoms with Crippen molar-refractivity contribution in [3.05, 3.63) is 28.8 Å². The highest BCUT2D eigenvalue weighted by molar-refractivity contribution is 7.99. The maximum atomic E-state index is 12.2. The summed E-state index contributed by atoms with van der Waals surface area (Å²) in [5, 5.41) is 0.545. The van der Waals surface area contributed by atoms with Crippen LogP contribution in [0, 0.1) is 5.92 Å². The van der Waals surface area contributed by atoms with Crippen molar-refractivity contribution in [2.24, 2.45) is 5.92 Å². The fraction of sp³-hybridized carbons (Fsp3) is 0.500. The smallest absolute Gasteiger partial charge is 0.163 e. The predicted molar refractivity (Wildman–Crippen MR) is 77.0 cm³/mol. The Labute approximate surface area is 117 Å². The lowest BCUT2D eigenvalue weighted by Crippen LogP contribution is -2.14. The molecule has 1 aromatic carbocycles. The van der Waals surface area contributed by atoms with Crippen molar-refractivity contribution in [1.29, 1.82) is 0 Å². The Bertz CT molecular complexity index is 428. The van der Waals surface area contributed by atoms with Crippen LogP contribution in [-0.2, 0) is 0 Å². The molecule has 1 saturated heterocycles. The van der Waals surface area contributed by atoms with Crippen molar-refractivity contribution >= 4 is 29.1 Å². The molecule has 1 fully saturated rings. The van der Waals surface area contributed by atoms with E-state index in [-0.39, 0.29) is 5.78 Å². The maximum Gasteiger partial charge on any atom is 0.163 e. The highest BCUT2D eigenvalue weighted by Crippen LogP contribution is 2.29. The van der Waals surface area contributed by atoms with E-state index in [0.29, 0.717) is 28.7 Å². The normalized spacial score (nSPS) is 16.6. The molecular formula is C14H17ClO2S. The average molecular weight is 285 g/mol. The number of Topliss-reactive ketones (excluding diaryl/α,β-unsaturated/α-hetero) is 1. The number of hydrogen-bond donors (Lipinski definition) is 0. The van der Waals surface area contributed by atoms with Crippen LogP contribution in [0.15, 0.2) is 18.2 Å². The summed E-state index contributed by atoms with van der Waals surface area (Å²) >= 11 is 7.93. The molecule has 0 aromatic heterocycles. The van der Waals surface area contributed by atoms with Gasteiger partial charge in [-0.05, 0) is 48.5 Å². The van der Waals surface area contributed by atoms with E-state index < -0.39 is 0 Å². The average Bonchev–Trinajstić information content (AvgIpc) is 2.40. The predicted octanol–water partition coefficient (Wildman–Crippen LogP) is 4.06. The molecule has 0 spiro atoms. The summed E-state index contributed by atoms with van der Waals surface area (Å²) < 4.78 is 5.14. The Morgan fingerprint density at radius 1 is 1.44 bits per heavy atom. The molecule has 18 heavy (non-hydrogen) atoms. The fourth-order valence-electron chi connectivity index (χ4n) is 2.16. The third-order valence-electron chi connectivity index (χ3n) is 3.29. The molecule has 1 aliphatic heterocycles. The molecule has 0 saturated carbocycles. The Morgan fingerprint density at radius 3 is 2.83 bits per heavy atom. The Morgan fingerprint density at radius 2 is 2.17 bits per heavy atom. The molecule has 0 radical (unpaired) electrons. The van der Waals surface area contributed by atoms with E-state index in [0.717, 1.165) is 12.8 Å². The monoisotopic (exact) mass is 284 g/mol. The molecule has 1 aliphatic rings. The number of hydrogen-bond acceptors (Lipinski definition) is 3. The van der Waals surface area contributed by atoms with E-state index in [1.807, 2.05) is 11.8 Å². The molecule has 1 heterocycles. The molecule has 0 N–H and O–H groups in total. The number of rotatable bonds is 4. The minimum Gasteiger partial charge on any atom is -0.495 e. The number of thioether (sulfide) groups is 1. The van der Waals surface area contributed by atoms with Crippen LogP contribution in [0.1, 0.15) is 29.6 Å². The molecule has 2 nitrogen and oxygen atoms in total. The lowest BCUT2D eigenvalue weighted by molar-refractivity contribution is 0.0958. The number of benzene rings is 1. The van der Waals surface area contributed by atoms with Crippen LogP contribution in [0.2, 0.25) is 5.02 Å². The largest absolute Gasteiger partial charge is 0.495 e. The van der Waals surface area contributed by atoms with Gasteiger partial charge in [-0.1, -0.05) is 11.6 Å². The summed E-state index contributed by atoms with van der Waals surface area (Å²) in [6.07, 6.45) is 2.95. The second-order valence-electron chi connectivity index (χ2n) is 4.53. The van der Waals surface area contributed by atoms with Gasteiger partial charge in [0.15, 0.2) is 5.78 Å². The fourth-order valence-corrected chi connectivity index (χ4v) is 3.56. The van der Waals surface area contributed by atoms with Crippen molar-refractivity contribution in [2.75, 3.05) is 18.6 Å². The van der Waals surface area contributed by atoms with E-state index in [1.54, 1.807) is 25.3 Å². The molecule has 0 unspecified atom stereocenters. The van der Waals surface area contributed by atoms with Crippen molar-refractivity contribution in [3.63, 3.8) is 0 Å². The standard InChI is InChI=1S/C14H17ClO2S/c1-17-14-9-11(2-3-12(14)15)13(16)8-10-4-6-18-7-5-10/h2-3,9-10H,4-8H2,1H3. The Hall–Kier alpha value is -0.670. The van der Waals surface area contributed by atoms with Crippen LogP contribution in [0.5, 0.6) is 5.75 Å². The first-order valence-corrected chi connectivity index (χ1v) is 7.68. The van der Waals surface area contributed by atoms with Gasteiger partial charge in [-0.3, -0.25) is 4.79 Å². The summed E-state index contributed by atoms with van der Waals surface area (Å²) in [5.74, 6) is 3.67. The van der Waals surface area contributed by atoms with Gasteiger partial charge in [0.05, 0.1) is 12.1 Å². The Balaban J connectivity index is 2.03. The van der Waals surface area contributed by atoms with E-state index in [1.165, 1.54) is 11.5 Å². The summed E-state index contributed by atoms with van der Waals surface area (Å²) in [6, 6.07) is 5.25. The highest BCUT2D eigenvalue weighted by atomic mass is 35.5. The highest BCUT2D eigenvalue weighted by Gasteiger charge is 2.18. The number of carbonyl (C=O) groups is 1. The Kier molecular flexibility index (Phi) is 4.95. The number of carbonyl (C=O) groups excluding carboxylic acids is 1. The number of halogens is 1. The first kappa shape index (κ1) is 13.8. The molecule has 0 atom stereocenters. The van der Waals surface area contributed by atoms with Gasteiger partial charge in [-0.15, -0.1) is 0 Å². The summed E-state index contributed by atoms with van der Waals surface area (Å²) in [7, 11) is 1.56. The van der Waals surface area contributed by atoms with Gasteiger partial charge in [0.1, 0.15) is 5.75 Å². The number of ketones is 1. The minimum atomic E-state index is 0.196. The first-order chi connectivity index (χ1) is 8.70. The lowest BCUT2D eigenvalue weighted by atomic mass is 9.93. The minimum absolute atomic E-state index is 0.196. The molecule has 0 aliphatic carbocycles. The number of ether oxygens (including phenoxy) is 1. The molecule has 2 rings (SSSR count). The van der Waals surface area contributed by atoms with Crippen molar-refractivity contribution in [1.82, 2.24) is 0 Å². The third-order valence-corrected chi connectivity index (χ3v) is 4.65. The molecule has 4 heteroatoms. The van der Waals surface area contributed by atoms with E-state index in [4.69, 9.17) is 16.3 Å². The zero-order valence-electron chi connectivity index (χ0n) is 10.4. The van der Waals surface area contributed by atoms with Gasteiger partial charge < -0.3 is 4.74 Å². The quantitative estimate of drug-likeness (QED) is 0.780. The van der Waals surface area contributed by atoms with Crippen molar-refractivity contribution < 1.29 is 9.53 Å². The van der Waals surface area contributed by atoms with E-state index >= 15 is 0 Å². The van der Waals surface area contributed by atoms with Gasteiger partial charge >= 0.3 is 0 Å². The van der Waals surface area contributed by atoms with Gasteiger partial charge in [0, 0.05) is 12.0 Å². The van der Waals surface area contributed by atoms with Crippen LogP contribution >= 0.6 is 23.4 Å². The zero-order valence-corrected chi connectivity index (χ0v) is 12.0.